The number of nitrogens with one attached hydrogen (secondary N) is 2. The largest absolute Gasteiger partial charge is 0.454 e. The SMILES string of the molecule is O=C(Nc1cnc(Oc2ccc(-c3cnc(N4CCCC4=O)s3)cc2)nc1)Nc1cc(C(F)(F)F)ccc1Oc1cccnc1. The number of carbonyl (C=O) groups excluding carboxylic acids is 2. The minimum atomic E-state index is -4.64. The Morgan fingerprint density at radius 1 is 0.911 bits per heavy atom. The van der Waals surface area contributed by atoms with Crippen molar-refractivity contribution in [2.45, 2.75) is 19.0 Å². The molecule has 5 aromatic rings. The summed E-state index contributed by atoms with van der Waals surface area (Å²) in [5.41, 5.74) is -0.118. The fourth-order valence-corrected chi connectivity index (χ4v) is 5.28. The molecule has 228 valence electrons. The van der Waals surface area contributed by atoms with E-state index in [1.165, 1.54) is 36.1 Å². The van der Waals surface area contributed by atoms with Gasteiger partial charge in [0.05, 0.1) is 40.4 Å². The summed E-state index contributed by atoms with van der Waals surface area (Å²) in [6.45, 7) is 0.677. The van der Waals surface area contributed by atoms with Gasteiger partial charge < -0.3 is 20.1 Å². The lowest BCUT2D eigenvalue weighted by Gasteiger charge is -2.15. The standard InChI is InChI=1S/C30H22F3N7O4S/c31-30(32,33)19-7-10-24(43-22-3-1-11-34-16-22)23(13-19)39-27(42)38-20-14-35-28(36-15-20)44-21-8-5-18(6-9-21)25-17-37-29(45-25)40-12-2-4-26(40)41/h1,3,5-11,13-17H,2,4,12H2,(H2,38,39,42). The van der Waals surface area contributed by atoms with E-state index >= 15 is 0 Å². The van der Waals surface area contributed by atoms with Crippen LogP contribution in [0.4, 0.5) is 34.5 Å². The predicted molar refractivity (Wildman–Crippen MR) is 160 cm³/mol. The summed E-state index contributed by atoms with van der Waals surface area (Å²) in [7, 11) is 0. The molecule has 15 heteroatoms. The van der Waals surface area contributed by atoms with Gasteiger partial charge in [0.25, 0.3) is 0 Å². The van der Waals surface area contributed by atoms with E-state index in [9.17, 15) is 22.8 Å². The number of carbonyl (C=O) groups is 2. The Morgan fingerprint density at radius 2 is 1.71 bits per heavy atom. The molecule has 0 bridgehead atoms. The van der Waals surface area contributed by atoms with E-state index in [4.69, 9.17) is 9.47 Å². The lowest BCUT2D eigenvalue weighted by molar-refractivity contribution is -0.137. The van der Waals surface area contributed by atoms with E-state index in [2.05, 4.69) is 30.6 Å². The van der Waals surface area contributed by atoms with Gasteiger partial charge in [0.1, 0.15) is 11.5 Å². The lowest BCUT2D eigenvalue weighted by Crippen LogP contribution is -2.23. The first-order chi connectivity index (χ1) is 21.7. The van der Waals surface area contributed by atoms with Gasteiger partial charge in [0.15, 0.2) is 10.9 Å². The van der Waals surface area contributed by atoms with Gasteiger partial charge in [-0.2, -0.15) is 13.2 Å². The Bertz CT molecular complexity index is 1820. The highest BCUT2D eigenvalue weighted by molar-refractivity contribution is 7.19. The summed E-state index contributed by atoms with van der Waals surface area (Å²) in [6.07, 6.45) is 3.93. The molecule has 1 aliphatic rings. The average Bonchev–Trinajstić information content (AvgIpc) is 3.68. The van der Waals surface area contributed by atoms with E-state index in [1.807, 2.05) is 12.1 Å². The van der Waals surface area contributed by atoms with Gasteiger partial charge in [-0.15, -0.1) is 0 Å². The maximum absolute atomic E-state index is 13.3. The van der Waals surface area contributed by atoms with Gasteiger partial charge >= 0.3 is 18.2 Å². The van der Waals surface area contributed by atoms with Crippen LogP contribution in [0.15, 0.2) is 85.6 Å². The molecule has 0 aliphatic carbocycles. The van der Waals surface area contributed by atoms with Crippen LogP contribution in [0.5, 0.6) is 23.3 Å². The number of thiazole rings is 1. The summed E-state index contributed by atoms with van der Waals surface area (Å²) >= 11 is 1.44. The van der Waals surface area contributed by atoms with E-state index in [0.29, 0.717) is 23.8 Å². The zero-order valence-electron chi connectivity index (χ0n) is 23.1. The van der Waals surface area contributed by atoms with Crippen LogP contribution in [0.3, 0.4) is 0 Å². The molecule has 0 unspecified atom stereocenters. The molecule has 0 saturated carbocycles. The Hall–Kier alpha value is -5.57. The van der Waals surface area contributed by atoms with Crippen LogP contribution in [0.2, 0.25) is 0 Å². The van der Waals surface area contributed by atoms with Gasteiger partial charge in [0, 0.05) is 25.4 Å². The van der Waals surface area contributed by atoms with Crippen LogP contribution in [0, 0.1) is 0 Å². The highest BCUT2D eigenvalue weighted by atomic mass is 32.1. The molecule has 11 nitrogen and oxygen atoms in total. The third-order valence-electron chi connectivity index (χ3n) is 6.45. The van der Waals surface area contributed by atoms with Gasteiger partial charge in [-0.1, -0.05) is 11.3 Å². The number of hydrogen-bond donors (Lipinski definition) is 2. The summed E-state index contributed by atoms with van der Waals surface area (Å²) < 4.78 is 51.4. The lowest BCUT2D eigenvalue weighted by atomic mass is 10.1. The summed E-state index contributed by atoms with van der Waals surface area (Å²) in [6, 6.07) is 12.2. The molecule has 2 aromatic carbocycles. The van der Waals surface area contributed by atoms with Gasteiger partial charge in [0.2, 0.25) is 5.91 Å². The Kier molecular flexibility index (Phi) is 8.24. The fourth-order valence-electron chi connectivity index (χ4n) is 4.31. The maximum Gasteiger partial charge on any atom is 0.416 e. The molecule has 0 atom stereocenters. The third kappa shape index (κ3) is 7.15. The van der Waals surface area contributed by atoms with E-state index in [-0.39, 0.29) is 34.8 Å². The average molecular weight is 634 g/mol. The van der Waals surface area contributed by atoms with E-state index < -0.39 is 17.8 Å². The third-order valence-corrected chi connectivity index (χ3v) is 7.52. The highest BCUT2D eigenvalue weighted by Gasteiger charge is 2.31. The molecule has 2 N–H and O–H groups in total. The molecule has 6 rings (SSSR count). The second-order valence-electron chi connectivity index (χ2n) is 9.62. The fraction of sp³-hybridized carbons (Fsp3) is 0.133. The Balaban J connectivity index is 1.08. The number of amides is 3. The van der Waals surface area contributed by atoms with Crippen molar-refractivity contribution < 1.29 is 32.2 Å². The number of pyridine rings is 1. The van der Waals surface area contributed by atoms with E-state index in [0.717, 1.165) is 35.1 Å². The molecular formula is C30H22F3N7O4S. The summed E-state index contributed by atoms with van der Waals surface area (Å²) in [5.74, 6) is 0.793. The number of alkyl halides is 3. The van der Waals surface area contributed by atoms with Crippen LogP contribution in [0.1, 0.15) is 18.4 Å². The second-order valence-corrected chi connectivity index (χ2v) is 10.6. The number of aromatic nitrogens is 4. The highest BCUT2D eigenvalue weighted by Crippen LogP contribution is 2.37. The molecule has 1 aliphatic heterocycles. The van der Waals surface area contributed by atoms with Crippen LogP contribution < -0.4 is 25.0 Å². The molecule has 4 heterocycles. The number of rotatable bonds is 8. The second kappa shape index (κ2) is 12.6. The first-order valence-electron chi connectivity index (χ1n) is 13.4. The molecule has 45 heavy (non-hydrogen) atoms. The monoisotopic (exact) mass is 633 g/mol. The number of anilines is 3. The quantitative estimate of drug-likeness (QED) is 0.181. The Labute approximate surface area is 257 Å². The molecule has 3 aromatic heterocycles. The number of ether oxygens (including phenoxy) is 2. The number of urea groups is 1. The van der Waals surface area contributed by atoms with Crippen molar-refractivity contribution in [1.29, 1.82) is 0 Å². The predicted octanol–water partition coefficient (Wildman–Crippen LogP) is 7.37. The van der Waals surface area contributed by atoms with Crippen LogP contribution >= 0.6 is 11.3 Å². The Morgan fingerprint density at radius 3 is 2.40 bits per heavy atom. The van der Waals surface area contributed by atoms with Gasteiger partial charge in [-0.3, -0.25) is 14.7 Å². The number of nitrogens with zero attached hydrogens (tertiary/aromatic N) is 5. The smallest absolute Gasteiger partial charge is 0.416 e. The van der Waals surface area contributed by atoms with E-state index in [1.54, 1.807) is 35.4 Å². The topological polar surface area (TPSA) is 131 Å². The molecule has 1 saturated heterocycles. The van der Waals surface area contributed by atoms with Crippen LogP contribution in [0.25, 0.3) is 10.4 Å². The minimum absolute atomic E-state index is 0.00589. The number of halogens is 3. The van der Waals surface area contributed by atoms with Crippen molar-refractivity contribution in [1.82, 2.24) is 19.9 Å². The van der Waals surface area contributed by atoms with Crippen molar-refractivity contribution in [2.24, 2.45) is 0 Å². The van der Waals surface area contributed by atoms with Crippen molar-refractivity contribution in [2.75, 3.05) is 22.1 Å². The number of hydrogen-bond acceptors (Lipinski definition) is 9. The van der Waals surface area contributed by atoms with Crippen LogP contribution in [-0.4, -0.2) is 38.4 Å². The summed E-state index contributed by atoms with van der Waals surface area (Å²) in [4.78, 5) is 43.8. The van der Waals surface area contributed by atoms with Gasteiger partial charge in [-0.25, -0.2) is 19.7 Å². The van der Waals surface area contributed by atoms with Gasteiger partial charge in [-0.05, 0) is 66.6 Å². The normalized spacial score (nSPS) is 13.0. The van der Waals surface area contributed by atoms with Crippen molar-refractivity contribution in [3.63, 3.8) is 0 Å². The molecule has 0 radical (unpaired) electrons. The molecule has 3 amide bonds. The minimum Gasteiger partial charge on any atom is -0.454 e. The van der Waals surface area contributed by atoms with Crippen molar-refractivity contribution >= 4 is 39.8 Å². The van der Waals surface area contributed by atoms with Crippen molar-refractivity contribution in [3.8, 4) is 33.7 Å². The molecule has 0 spiro atoms. The maximum atomic E-state index is 13.3. The zero-order valence-corrected chi connectivity index (χ0v) is 23.9. The van der Waals surface area contributed by atoms with Crippen molar-refractivity contribution in [3.05, 3.63) is 91.1 Å². The molecular weight excluding hydrogens is 611 g/mol. The first kappa shape index (κ1) is 29.5. The summed E-state index contributed by atoms with van der Waals surface area (Å²) in [5, 5.41) is 5.53. The van der Waals surface area contributed by atoms with Crippen LogP contribution in [-0.2, 0) is 11.0 Å². The number of benzene rings is 2. The molecule has 1 fully saturated rings. The zero-order chi connectivity index (χ0) is 31.4. The first-order valence-corrected chi connectivity index (χ1v) is 14.3.